The van der Waals surface area contributed by atoms with Crippen LogP contribution in [0.15, 0.2) is 0 Å². The summed E-state index contributed by atoms with van der Waals surface area (Å²) in [7, 11) is 0. The van der Waals surface area contributed by atoms with Crippen LogP contribution in [-0.2, 0) is 9.53 Å². The Balaban J connectivity index is 3.00. The highest BCUT2D eigenvalue weighted by molar-refractivity contribution is 7.80. The van der Waals surface area contributed by atoms with Crippen molar-refractivity contribution in [3.05, 3.63) is 0 Å². The molecule has 0 aliphatic carbocycles. The number of hydrogen-bond acceptors (Lipinski definition) is 3. The molecule has 0 aromatic rings. The Morgan fingerprint density at radius 1 is 1.86 bits per heavy atom. The largest absolute Gasteiger partial charge is 0.455 e. The zero-order valence-electron chi connectivity index (χ0n) is 4.18. The lowest BCUT2D eigenvalue weighted by Crippen LogP contribution is -1.98. The van der Waals surface area contributed by atoms with Crippen molar-refractivity contribution < 1.29 is 9.53 Å². The summed E-state index contributed by atoms with van der Waals surface area (Å²) in [6.07, 6.45) is 0.431. The highest BCUT2D eigenvalue weighted by Gasteiger charge is 1.91. The summed E-state index contributed by atoms with van der Waals surface area (Å²) >= 11 is 3.67. The van der Waals surface area contributed by atoms with Crippen LogP contribution < -0.4 is 0 Å². The molecule has 0 unspecified atom stereocenters. The molecule has 2 nitrogen and oxygen atoms in total. The Morgan fingerprint density at radius 3 is 2.57 bits per heavy atom. The van der Waals surface area contributed by atoms with Crippen LogP contribution in [0.5, 0.6) is 0 Å². The van der Waals surface area contributed by atoms with Crippen LogP contribution in [0, 0.1) is 0 Å². The van der Waals surface area contributed by atoms with E-state index in [0.717, 1.165) is 0 Å². The van der Waals surface area contributed by atoms with E-state index in [1.165, 1.54) is 0 Å². The lowest BCUT2D eigenvalue weighted by molar-refractivity contribution is -0.140. The molecule has 0 aliphatic rings. The van der Waals surface area contributed by atoms with Gasteiger partial charge in [0.05, 0.1) is 0 Å². The van der Waals surface area contributed by atoms with Crippen LogP contribution in [0.4, 0.5) is 0 Å². The fourth-order valence-electron chi connectivity index (χ4n) is 0.174. The third-order valence-corrected chi connectivity index (χ3v) is 0.643. The van der Waals surface area contributed by atoms with E-state index in [4.69, 9.17) is 0 Å². The number of thiol groups is 1. The van der Waals surface area contributed by atoms with Gasteiger partial charge in [-0.05, 0) is 0 Å². The van der Waals surface area contributed by atoms with E-state index in [1.54, 1.807) is 6.92 Å². The standard InChI is InChI=1S/C4H8O2S/c1-2-4(5)6-3-7/h7H,2-3H2,1H3. The number of ether oxygens (including phenoxy) is 1. The molecule has 0 saturated carbocycles. The highest BCUT2D eigenvalue weighted by atomic mass is 32.1. The van der Waals surface area contributed by atoms with E-state index in [9.17, 15) is 4.79 Å². The molecule has 0 bridgehead atoms. The van der Waals surface area contributed by atoms with Crippen molar-refractivity contribution >= 4 is 18.6 Å². The van der Waals surface area contributed by atoms with Crippen LogP contribution in [0.25, 0.3) is 0 Å². The molecule has 0 aliphatic heterocycles. The fourth-order valence-corrected chi connectivity index (χ4v) is 0.318. The number of carbonyl (C=O) groups excluding carboxylic acids is 1. The van der Waals surface area contributed by atoms with E-state index in [1.807, 2.05) is 0 Å². The predicted octanol–water partition coefficient (Wildman–Crippen LogP) is 0.827. The molecule has 42 valence electrons. The van der Waals surface area contributed by atoms with Gasteiger partial charge in [0.15, 0.2) is 0 Å². The SMILES string of the molecule is CCC(=O)OCS. The topological polar surface area (TPSA) is 26.3 Å². The van der Waals surface area contributed by atoms with Crippen LogP contribution >= 0.6 is 12.6 Å². The molecule has 0 atom stereocenters. The van der Waals surface area contributed by atoms with Gasteiger partial charge in [0.2, 0.25) is 0 Å². The fraction of sp³-hybridized carbons (Fsp3) is 0.750. The number of carbonyl (C=O) groups is 1. The maximum atomic E-state index is 10.1. The van der Waals surface area contributed by atoms with Gasteiger partial charge in [-0.1, -0.05) is 6.92 Å². The number of rotatable bonds is 2. The zero-order valence-corrected chi connectivity index (χ0v) is 5.07. The average molecular weight is 120 g/mol. The minimum Gasteiger partial charge on any atom is -0.455 e. The van der Waals surface area contributed by atoms with Crippen molar-refractivity contribution in [3.8, 4) is 0 Å². The number of esters is 1. The molecule has 0 N–H and O–H groups in total. The first-order chi connectivity index (χ1) is 3.31. The maximum Gasteiger partial charge on any atom is 0.306 e. The normalized spacial score (nSPS) is 8.29. The van der Waals surface area contributed by atoms with Gasteiger partial charge in [0.1, 0.15) is 5.94 Å². The molecule has 0 aromatic heterocycles. The quantitative estimate of drug-likeness (QED) is 0.332. The molecule has 0 fully saturated rings. The van der Waals surface area contributed by atoms with Crippen molar-refractivity contribution in [2.45, 2.75) is 13.3 Å². The highest BCUT2D eigenvalue weighted by Crippen LogP contribution is 1.83. The molecular formula is C4H8O2S. The molecule has 0 radical (unpaired) electrons. The van der Waals surface area contributed by atoms with Gasteiger partial charge in [0.25, 0.3) is 0 Å². The lowest BCUT2D eigenvalue weighted by atomic mass is 10.5. The molecule has 0 heterocycles. The van der Waals surface area contributed by atoms with Crippen LogP contribution in [-0.4, -0.2) is 11.9 Å². The second kappa shape index (κ2) is 3.99. The van der Waals surface area contributed by atoms with E-state index in [0.29, 0.717) is 6.42 Å². The molecule has 7 heavy (non-hydrogen) atoms. The smallest absolute Gasteiger partial charge is 0.306 e. The van der Waals surface area contributed by atoms with E-state index in [2.05, 4.69) is 17.4 Å². The summed E-state index contributed by atoms with van der Waals surface area (Å²) in [6.45, 7) is 1.74. The van der Waals surface area contributed by atoms with Crippen molar-refractivity contribution in [1.29, 1.82) is 0 Å². The second-order valence-electron chi connectivity index (χ2n) is 0.999. The minimum absolute atomic E-state index is 0.187. The predicted molar refractivity (Wildman–Crippen MR) is 30.2 cm³/mol. The Hall–Kier alpha value is -0.180. The van der Waals surface area contributed by atoms with Crippen LogP contribution in [0.1, 0.15) is 13.3 Å². The molecule has 0 aromatic carbocycles. The first kappa shape index (κ1) is 6.82. The Morgan fingerprint density at radius 2 is 2.43 bits per heavy atom. The summed E-state index contributed by atoms with van der Waals surface area (Å²) in [6, 6.07) is 0. The zero-order chi connectivity index (χ0) is 5.70. The summed E-state index contributed by atoms with van der Waals surface area (Å²) in [4.78, 5) is 10.1. The monoisotopic (exact) mass is 120 g/mol. The van der Waals surface area contributed by atoms with Gasteiger partial charge < -0.3 is 4.74 Å². The van der Waals surface area contributed by atoms with Gasteiger partial charge in [-0.2, -0.15) is 0 Å². The van der Waals surface area contributed by atoms with E-state index < -0.39 is 0 Å². The van der Waals surface area contributed by atoms with Crippen molar-refractivity contribution in [2.24, 2.45) is 0 Å². The van der Waals surface area contributed by atoms with Gasteiger partial charge in [-0.15, -0.1) is 12.6 Å². The van der Waals surface area contributed by atoms with Crippen molar-refractivity contribution in [1.82, 2.24) is 0 Å². The molecule has 3 heteroatoms. The molecular weight excluding hydrogens is 112 g/mol. The minimum atomic E-state index is -0.199. The van der Waals surface area contributed by atoms with E-state index >= 15 is 0 Å². The Labute approximate surface area is 48.3 Å². The third kappa shape index (κ3) is 3.66. The van der Waals surface area contributed by atoms with Crippen molar-refractivity contribution in [2.75, 3.05) is 5.94 Å². The number of hydrogen-bond donors (Lipinski definition) is 1. The first-order valence-corrected chi connectivity index (χ1v) is 2.71. The first-order valence-electron chi connectivity index (χ1n) is 2.07. The van der Waals surface area contributed by atoms with Gasteiger partial charge in [-0.3, -0.25) is 4.79 Å². The summed E-state index contributed by atoms with van der Waals surface area (Å²) in [5.74, 6) is -0.0119. The van der Waals surface area contributed by atoms with Crippen LogP contribution in [0.2, 0.25) is 0 Å². The summed E-state index contributed by atoms with van der Waals surface area (Å²) in [5, 5.41) is 0. The maximum absolute atomic E-state index is 10.1. The lowest BCUT2D eigenvalue weighted by Gasteiger charge is -1.93. The second-order valence-corrected chi connectivity index (χ2v) is 1.26. The van der Waals surface area contributed by atoms with E-state index in [-0.39, 0.29) is 11.9 Å². The van der Waals surface area contributed by atoms with Crippen LogP contribution in [0.3, 0.4) is 0 Å². The summed E-state index contributed by atoms with van der Waals surface area (Å²) < 4.78 is 4.42. The molecule has 0 saturated heterocycles. The Bertz CT molecular complexity index is 62.7. The van der Waals surface area contributed by atoms with Gasteiger partial charge in [-0.25, -0.2) is 0 Å². The van der Waals surface area contributed by atoms with Gasteiger partial charge in [0, 0.05) is 6.42 Å². The molecule has 0 amide bonds. The molecule has 0 rings (SSSR count). The Kier molecular flexibility index (Phi) is 3.89. The van der Waals surface area contributed by atoms with Crippen molar-refractivity contribution in [3.63, 3.8) is 0 Å². The van der Waals surface area contributed by atoms with Gasteiger partial charge >= 0.3 is 5.97 Å². The average Bonchev–Trinajstić information content (AvgIpc) is 1.68. The molecule has 0 spiro atoms. The third-order valence-electron chi connectivity index (χ3n) is 0.514. The summed E-state index contributed by atoms with van der Waals surface area (Å²) in [5.41, 5.74) is 0.